The Morgan fingerprint density at radius 3 is 2.71 bits per heavy atom. The van der Waals surface area contributed by atoms with Crippen molar-refractivity contribution in [1.82, 2.24) is 0 Å². The van der Waals surface area contributed by atoms with Crippen LogP contribution in [0.3, 0.4) is 0 Å². The topological polar surface area (TPSA) is 29.5 Å². The van der Waals surface area contributed by atoms with Crippen LogP contribution >= 0.6 is 11.6 Å². The molecule has 0 bridgehead atoms. The summed E-state index contributed by atoms with van der Waals surface area (Å²) in [6.45, 7) is 0.877. The van der Waals surface area contributed by atoms with Crippen molar-refractivity contribution in [2.75, 3.05) is 6.61 Å². The van der Waals surface area contributed by atoms with Crippen LogP contribution in [-0.2, 0) is 4.74 Å². The molecule has 0 radical (unpaired) electrons. The summed E-state index contributed by atoms with van der Waals surface area (Å²) in [5.41, 5.74) is 0.935. The van der Waals surface area contributed by atoms with E-state index in [0.717, 1.165) is 31.4 Å². The Morgan fingerprint density at radius 2 is 2.06 bits per heavy atom. The predicted molar refractivity (Wildman–Crippen MR) is 69.2 cm³/mol. The zero-order chi connectivity index (χ0) is 12.1. The highest BCUT2D eigenvalue weighted by Crippen LogP contribution is 2.24. The predicted octanol–water partition coefficient (Wildman–Crippen LogP) is 3.72. The normalized spacial score (nSPS) is 22.4. The van der Waals surface area contributed by atoms with Gasteiger partial charge in [0, 0.05) is 11.6 Å². The Morgan fingerprint density at radius 1 is 1.29 bits per heavy atom. The zero-order valence-electron chi connectivity index (χ0n) is 9.94. The molecule has 2 rings (SSSR count). The second kappa shape index (κ2) is 6.39. The molecule has 2 nitrogen and oxygen atoms in total. The van der Waals surface area contributed by atoms with E-state index in [0.29, 0.717) is 11.1 Å². The Hall–Kier alpha value is -0.570. The minimum Gasteiger partial charge on any atom is -0.388 e. The summed E-state index contributed by atoms with van der Waals surface area (Å²) in [6, 6.07) is 7.40. The standard InChI is InChI=1S/C14H19ClO2/c15-12-6-4-11(5-7-12)14(16)9-8-13-3-1-2-10-17-13/h4-7,13-14,16H,1-3,8-10H2. The SMILES string of the molecule is OC(CCC1CCCCO1)c1ccc(Cl)cc1. The lowest BCUT2D eigenvalue weighted by atomic mass is 9.99. The third-order valence-corrected chi connectivity index (χ3v) is 3.54. The van der Waals surface area contributed by atoms with Gasteiger partial charge in [-0.3, -0.25) is 0 Å². The number of hydrogen-bond acceptors (Lipinski definition) is 2. The largest absolute Gasteiger partial charge is 0.388 e. The second-order valence-electron chi connectivity index (χ2n) is 4.63. The molecule has 2 atom stereocenters. The molecule has 94 valence electrons. The van der Waals surface area contributed by atoms with Crippen LogP contribution in [0.15, 0.2) is 24.3 Å². The average Bonchev–Trinajstić information content (AvgIpc) is 2.38. The number of hydrogen-bond donors (Lipinski definition) is 1. The molecular weight excluding hydrogens is 236 g/mol. The minimum absolute atomic E-state index is 0.339. The number of aliphatic hydroxyl groups excluding tert-OH is 1. The van der Waals surface area contributed by atoms with Crippen molar-refractivity contribution in [1.29, 1.82) is 0 Å². The first-order valence-corrected chi connectivity index (χ1v) is 6.68. The Balaban J connectivity index is 1.80. The van der Waals surface area contributed by atoms with Gasteiger partial charge in [-0.2, -0.15) is 0 Å². The number of aliphatic hydroxyl groups is 1. The fourth-order valence-corrected chi connectivity index (χ4v) is 2.36. The van der Waals surface area contributed by atoms with Crippen molar-refractivity contribution >= 4 is 11.6 Å². The van der Waals surface area contributed by atoms with E-state index >= 15 is 0 Å². The summed E-state index contributed by atoms with van der Waals surface area (Å²) in [4.78, 5) is 0. The van der Waals surface area contributed by atoms with Crippen LogP contribution in [0.25, 0.3) is 0 Å². The van der Waals surface area contributed by atoms with Crippen LogP contribution in [0.4, 0.5) is 0 Å². The molecule has 1 aromatic carbocycles. The lowest BCUT2D eigenvalue weighted by Crippen LogP contribution is -2.19. The highest BCUT2D eigenvalue weighted by Gasteiger charge is 2.16. The maximum Gasteiger partial charge on any atom is 0.0791 e. The first-order valence-electron chi connectivity index (χ1n) is 6.31. The van der Waals surface area contributed by atoms with Crippen molar-refractivity contribution in [2.45, 2.75) is 44.3 Å². The molecule has 0 aliphatic carbocycles. The van der Waals surface area contributed by atoms with Gasteiger partial charge in [-0.1, -0.05) is 23.7 Å². The van der Waals surface area contributed by atoms with Crippen LogP contribution in [0.1, 0.15) is 43.8 Å². The van der Waals surface area contributed by atoms with E-state index in [-0.39, 0.29) is 0 Å². The monoisotopic (exact) mass is 254 g/mol. The molecule has 0 saturated carbocycles. The van der Waals surface area contributed by atoms with Gasteiger partial charge in [-0.15, -0.1) is 0 Å². The van der Waals surface area contributed by atoms with E-state index in [1.807, 2.05) is 24.3 Å². The summed E-state index contributed by atoms with van der Waals surface area (Å²) in [5.74, 6) is 0. The number of ether oxygens (including phenoxy) is 1. The van der Waals surface area contributed by atoms with E-state index in [4.69, 9.17) is 16.3 Å². The van der Waals surface area contributed by atoms with Gasteiger partial charge < -0.3 is 9.84 Å². The van der Waals surface area contributed by atoms with E-state index in [1.165, 1.54) is 12.8 Å². The second-order valence-corrected chi connectivity index (χ2v) is 5.07. The molecule has 0 amide bonds. The summed E-state index contributed by atoms with van der Waals surface area (Å²) in [6.07, 6.45) is 5.19. The highest BCUT2D eigenvalue weighted by molar-refractivity contribution is 6.30. The van der Waals surface area contributed by atoms with Gasteiger partial charge in [0.1, 0.15) is 0 Å². The van der Waals surface area contributed by atoms with Crippen molar-refractivity contribution in [2.24, 2.45) is 0 Å². The van der Waals surface area contributed by atoms with Crippen LogP contribution in [-0.4, -0.2) is 17.8 Å². The molecule has 1 fully saturated rings. The quantitative estimate of drug-likeness (QED) is 0.887. The maximum absolute atomic E-state index is 10.0. The molecule has 0 aromatic heterocycles. The van der Waals surface area contributed by atoms with Gasteiger partial charge in [0.15, 0.2) is 0 Å². The molecular formula is C14H19ClO2. The smallest absolute Gasteiger partial charge is 0.0791 e. The molecule has 1 saturated heterocycles. The van der Waals surface area contributed by atoms with Crippen LogP contribution < -0.4 is 0 Å². The number of rotatable bonds is 4. The molecule has 0 spiro atoms. The molecule has 1 heterocycles. The van der Waals surface area contributed by atoms with Crippen molar-refractivity contribution in [3.8, 4) is 0 Å². The highest BCUT2D eigenvalue weighted by atomic mass is 35.5. The third kappa shape index (κ3) is 3.98. The average molecular weight is 255 g/mol. The molecule has 2 unspecified atom stereocenters. The lowest BCUT2D eigenvalue weighted by Gasteiger charge is -2.23. The first-order chi connectivity index (χ1) is 8.25. The van der Waals surface area contributed by atoms with Crippen molar-refractivity contribution in [3.63, 3.8) is 0 Å². The Bertz CT molecular complexity index is 331. The zero-order valence-corrected chi connectivity index (χ0v) is 10.7. The molecule has 1 aliphatic heterocycles. The van der Waals surface area contributed by atoms with Gasteiger partial charge in [0.2, 0.25) is 0 Å². The van der Waals surface area contributed by atoms with Gasteiger partial charge in [-0.05, 0) is 49.8 Å². The van der Waals surface area contributed by atoms with Gasteiger partial charge in [0.25, 0.3) is 0 Å². The molecule has 1 aliphatic rings. The van der Waals surface area contributed by atoms with Crippen molar-refractivity contribution < 1.29 is 9.84 Å². The third-order valence-electron chi connectivity index (χ3n) is 3.29. The first kappa shape index (κ1) is 12.9. The summed E-state index contributed by atoms with van der Waals surface area (Å²) >= 11 is 5.81. The lowest BCUT2D eigenvalue weighted by molar-refractivity contribution is 0.00213. The molecule has 3 heteroatoms. The van der Waals surface area contributed by atoms with Crippen LogP contribution in [0, 0.1) is 0 Å². The summed E-state index contributed by atoms with van der Waals surface area (Å²) in [7, 11) is 0. The van der Waals surface area contributed by atoms with E-state index < -0.39 is 6.10 Å². The number of halogens is 1. The molecule has 1 aromatic rings. The van der Waals surface area contributed by atoms with Crippen molar-refractivity contribution in [3.05, 3.63) is 34.9 Å². The van der Waals surface area contributed by atoms with Gasteiger partial charge >= 0.3 is 0 Å². The number of benzene rings is 1. The summed E-state index contributed by atoms with van der Waals surface area (Å²) in [5, 5.41) is 10.7. The molecule has 1 N–H and O–H groups in total. The van der Waals surface area contributed by atoms with Gasteiger partial charge in [-0.25, -0.2) is 0 Å². The Kier molecular flexibility index (Phi) is 4.84. The fraction of sp³-hybridized carbons (Fsp3) is 0.571. The minimum atomic E-state index is -0.405. The Labute approximate surface area is 108 Å². The van der Waals surface area contributed by atoms with E-state index in [1.54, 1.807) is 0 Å². The molecule has 17 heavy (non-hydrogen) atoms. The van der Waals surface area contributed by atoms with E-state index in [2.05, 4.69) is 0 Å². The van der Waals surface area contributed by atoms with Crippen LogP contribution in [0.5, 0.6) is 0 Å². The maximum atomic E-state index is 10.0. The van der Waals surface area contributed by atoms with Gasteiger partial charge in [0.05, 0.1) is 12.2 Å². The summed E-state index contributed by atoms with van der Waals surface area (Å²) < 4.78 is 5.65. The van der Waals surface area contributed by atoms with Crippen LogP contribution in [0.2, 0.25) is 5.02 Å². The fourth-order valence-electron chi connectivity index (χ4n) is 2.23. The van der Waals surface area contributed by atoms with E-state index in [9.17, 15) is 5.11 Å².